The lowest BCUT2D eigenvalue weighted by Crippen LogP contribution is -2.16. The van der Waals surface area contributed by atoms with E-state index in [2.05, 4.69) is 11.7 Å². The molecule has 1 rings (SSSR count). The second-order valence-electron chi connectivity index (χ2n) is 7.15. The van der Waals surface area contributed by atoms with Gasteiger partial charge < -0.3 is 9.47 Å². The minimum atomic E-state index is -0.282. The van der Waals surface area contributed by atoms with Crippen LogP contribution < -0.4 is 0 Å². The van der Waals surface area contributed by atoms with Crippen LogP contribution in [0.5, 0.6) is 0 Å². The Bertz CT molecular complexity index is 588. The first-order valence-electron chi connectivity index (χ1n) is 10.3. The Kier molecular flexibility index (Phi) is 11.9. The van der Waals surface area contributed by atoms with Gasteiger partial charge in [0.2, 0.25) is 0 Å². The molecule has 0 saturated heterocycles. The van der Waals surface area contributed by atoms with Gasteiger partial charge in [0.05, 0.1) is 7.11 Å². The van der Waals surface area contributed by atoms with Gasteiger partial charge in [-0.3, -0.25) is 14.4 Å². The molecule has 3 atom stereocenters. The number of hydrogen-bond acceptors (Lipinski definition) is 5. The summed E-state index contributed by atoms with van der Waals surface area (Å²) in [5.41, 5.74) is 0. The molecule has 1 aliphatic carbocycles. The highest BCUT2D eigenvalue weighted by Crippen LogP contribution is 2.28. The Labute approximate surface area is 168 Å². The Hall–Kier alpha value is -2.17. The van der Waals surface area contributed by atoms with Gasteiger partial charge >= 0.3 is 11.9 Å². The Morgan fingerprint density at radius 3 is 2.68 bits per heavy atom. The molecule has 0 bridgehead atoms. The molecule has 0 aromatic carbocycles. The van der Waals surface area contributed by atoms with Gasteiger partial charge in [-0.15, -0.1) is 0 Å². The van der Waals surface area contributed by atoms with Crippen LogP contribution in [0.2, 0.25) is 0 Å². The summed E-state index contributed by atoms with van der Waals surface area (Å²) in [6.45, 7) is 3.56. The van der Waals surface area contributed by atoms with Crippen molar-refractivity contribution in [3.63, 3.8) is 0 Å². The van der Waals surface area contributed by atoms with Gasteiger partial charge in [-0.25, -0.2) is 0 Å². The number of carbonyl (C=O) groups excluding carboxylic acids is 3. The van der Waals surface area contributed by atoms with E-state index in [0.29, 0.717) is 12.8 Å². The van der Waals surface area contributed by atoms with Crippen molar-refractivity contribution < 1.29 is 23.9 Å². The van der Waals surface area contributed by atoms with Crippen LogP contribution in [0.15, 0.2) is 36.5 Å². The SMILES string of the molecule is CCCCC[C@@H](/C=C\[C@@H]1C=CC(=O)[C@@H]1C/C=C/CCCC(=O)OC)OC(C)=O. The molecule has 0 radical (unpaired) electrons. The molecule has 1 aliphatic rings. The van der Waals surface area contributed by atoms with Gasteiger partial charge in [-0.2, -0.15) is 0 Å². The number of unbranched alkanes of at least 4 members (excludes halogenated alkanes) is 3. The topological polar surface area (TPSA) is 69.7 Å². The number of ketones is 1. The number of methoxy groups -OCH3 is 1. The van der Waals surface area contributed by atoms with Crippen molar-refractivity contribution in [2.45, 2.75) is 71.3 Å². The van der Waals surface area contributed by atoms with Crippen molar-refractivity contribution in [3.05, 3.63) is 36.5 Å². The lowest BCUT2D eigenvalue weighted by Gasteiger charge is -2.16. The number of allylic oxidation sites excluding steroid dienone is 5. The van der Waals surface area contributed by atoms with E-state index in [1.54, 1.807) is 6.08 Å². The molecule has 0 N–H and O–H groups in total. The zero-order valence-corrected chi connectivity index (χ0v) is 17.4. The average Bonchev–Trinajstić information content (AvgIpc) is 3.01. The second kappa shape index (κ2) is 13.9. The normalized spacial score (nSPS) is 20.2. The van der Waals surface area contributed by atoms with Crippen LogP contribution in [-0.4, -0.2) is 30.9 Å². The van der Waals surface area contributed by atoms with Gasteiger partial charge in [-0.05, 0) is 44.3 Å². The van der Waals surface area contributed by atoms with Gasteiger partial charge in [0.1, 0.15) is 6.10 Å². The summed E-state index contributed by atoms with van der Waals surface area (Å²) in [5.74, 6) is -0.437. The molecule has 28 heavy (non-hydrogen) atoms. The zero-order chi connectivity index (χ0) is 20.8. The van der Waals surface area contributed by atoms with Crippen LogP contribution in [0, 0.1) is 11.8 Å². The molecule has 0 aromatic rings. The number of hydrogen-bond donors (Lipinski definition) is 0. The predicted octanol–water partition coefficient (Wildman–Crippen LogP) is 4.72. The first kappa shape index (κ1) is 23.9. The highest BCUT2D eigenvalue weighted by atomic mass is 16.5. The maximum Gasteiger partial charge on any atom is 0.305 e. The molecular weight excluding hydrogens is 356 g/mol. The minimum Gasteiger partial charge on any atom is -0.469 e. The minimum absolute atomic E-state index is 0.0245. The standard InChI is InChI=1S/C23H34O5/c1-4-5-8-11-20(28-18(2)24)16-14-19-15-17-22(25)21(19)12-9-6-7-10-13-23(26)27-3/h6,9,14-17,19-21H,4-5,7-8,10-13H2,1-3H3/b9-6+,16-14-/t19-,20+,21-/m1/s1. The largest absolute Gasteiger partial charge is 0.469 e. The summed E-state index contributed by atoms with van der Waals surface area (Å²) < 4.78 is 10.00. The molecule has 0 heterocycles. The van der Waals surface area contributed by atoms with Crippen LogP contribution in [-0.2, 0) is 23.9 Å². The average molecular weight is 391 g/mol. The van der Waals surface area contributed by atoms with E-state index in [4.69, 9.17) is 4.74 Å². The summed E-state index contributed by atoms with van der Waals surface area (Å²) in [4.78, 5) is 34.6. The van der Waals surface area contributed by atoms with Gasteiger partial charge in [-0.1, -0.05) is 44.1 Å². The van der Waals surface area contributed by atoms with Crippen molar-refractivity contribution in [2.75, 3.05) is 7.11 Å². The summed E-state index contributed by atoms with van der Waals surface area (Å²) in [6.07, 6.45) is 17.9. The van der Waals surface area contributed by atoms with Crippen LogP contribution in [0.4, 0.5) is 0 Å². The number of esters is 2. The third-order valence-electron chi connectivity index (χ3n) is 4.81. The molecule has 5 heteroatoms. The molecular formula is C23H34O5. The monoisotopic (exact) mass is 390 g/mol. The summed E-state index contributed by atoms with van der Waals surface area (Å²) in [5, 5.41) is 0. The lowest BCUT2D eigenvalue weighted by atomic mass is 9.90. The van der Waals surface area contributed by atoms with Crippen molar-refractivity contribution in [1.82, 2.24) is 0 Å². The fourth-order valence-corrected chi connectivity index (χ4v) is 3.21. The van der Waals surface area contributed by atoms with E-state index in [9.17, 15) is 14.4 Å². The molecule has 0 amide bonds. The maximum atomic E-state index is 12.2. The smallest absolute Gasteiger partial charge is 0.305 e. The van der Waals surface area contributed by atoms with Crippen molar-refractivity contribution in [1.29, 1.82) is 0 Å². The third kappa shape index (κ3) is 9.67. The molecule has 0 spiro atoms. The molecule has 156 valence electrons. The van der Waals surface area contributed by atoms with Crippen LogP contribution in [0.3, 0.4) is 0 Å². The lowest BCUT2D eigenvalue weighted by molar-refractivity contribution is -0.144. The van der Waals surface area contributed by atoms with Crippen LogP contribution >= 0.6 is 0 Å². The van der Waals surface area contributed by atoms with Gasteiger partial charge in [0.25, 0.3) is 0 Å². The Morgan fingerprint density at radius 2 is 2.00 bits per heavy atom. The zero-order valence-electron chi connectivity index (χ0n) is 17.4. The van der Waals surface area contributed by atoms with Crippen LogP contribution in [0.1, 0.15) is 65.2 Å². The van der Waals surface area contributed by atoms with Gasteiger partial charge in [0.15, 0.2) is 5.78 Å². The molecule has 0 unspecified atom stereocenters. The fraction of sp³-hybridized carbons (Fsp3) is 0.609. The van der Waals surface area contributed by atoms with E-state index in [-0.39, 0.29) is 35.7 Å². The predicted molar refractivity (Wildman–Crippen MR) is 110 cm³/mol. The number of rotatable bonds is 13. The molecule has 0 fully saturated rings. The van der Waals surface area contributed by atoms with Crippen molar-refractivity contribution in [3.8, 4) is 0 Å². The van der Waals surface area contributed by atoms with Gasteiger partial charge in [0, 0.05) is 25.2 Å². The first-order valence-corrected chi connectivity index (χ1v) is 10.3. The van der Waals surface area contributed by atoms with E-state index in [0.717, 1.165) is 38.5 Å². The molecule has 5 nitrogen and oxygen atoms in total. The summed E-state index contributed by atoms with van der Waals surface area (Å²) in [7, 11) is 1.39. The molecule has 0 saturated carbocycles. The number of carbonyl (C=O) groups is 3. The second-order valence-corrected chi connectivity index (χ2v) is 7.15. The van der Waals surface area contributed by atoms with E-state index in [1.165, 1.54) is 14.0 Å². The number of ether oxygens (including phenoxy) is 2. The van der Waals surface area contributed by atoms with E-state index >= 15 is 0 Å². The fourth-order valence-electron chi connectivity index (χ4n) is 3.21. The first-order chi connectivity index (χ1) is 13.5. The van der Waals surface area contributed by atoms with Crippen LogP contribution in [0.25, 0.3) is 0 Å². The maximum absolute atomic E-state index is 12.2. The van der Waals surface area contributed by atoms with E-state index < -0.39 is 0 Å². The third-order valence-corrected chi connectivity index (χ3v) is 4.81. The summed E-state index contributed by atoms with van der Waals surface area (Å²) >= 11 is 0. The summed E-state index contributed by atoms with van der Waals surface area (Å²) in [6, 6.07) is 0. The highest BCUT2D eigenvalue weighted by Gasteiger charge is 2.27. The Balaban J connectivity index is 2.53. The molecule has 0 aromatic heterocycles. The van der Waals surface area contributed by atoms with Crippen molar-refractivity contribution >= 4 is 17.7 Å². The molecule has 0 aliphatic heterocycles. The Morgan fingerprint density at radius 1 is 1.21 bits per heavy atom. The van der Waals surface area contributed by atoms with E-state index in [1.807, 2.05) is 30.4 Å². The van der Waals surface area contributed by atoms with Crippen molar-refractivity contribution in [2.24, 2.45) is 11.8 Å². The quantitative estimate of drug-likeness (QED) is 0.259. The highest BCUT2D eigenvalue weighted by molar-refractivity contribution is 5.95.